The van der Waals surface area contributed by atoms with E-state index >= 15 is 0 Å². The summed E-state index contributed by atoms with van der Waals surface area (Å²) >= 11 is 0. The number of anilines is 2. The lowest BCUT2D eigenvalue weighted by atomic mass is 10.2. The first-order valence-corrected chi connectivity index (χ1v) is 10.3. The van der Waals surface area contributed by atoms with Crippen molar-refractivity contribution in [1.29, 1.82) is 0 Å². The summed E-state index contributed by atoms with van der Waals surface area (Å²) in [4.78, 5) is 30.0. The molecule has 0 bridgehead atoms. The van der Waals surface area contributed by atoms with Crippen LogP contribution in [0.25, 0.3) is 21.9 Å². The standard InChI is InChI=1S/C26H19N3O4/c1-32-23-19-15-18(28-25(30)21-13-11-16-7-5-6-10-20(16)29-21)12-14-22(19)33-24(23)26(31)27-17-8-3-2-4-9-17/h2-15H,1H3,(H,27,31)(H,28,30). The minimum absolute atomic E-state index is 0.0519. The molecule has 0 unspecified atom stereocenters. The molecule has 0 radical (unpaired) electrons. The number of hydrogen-bond donors (Lipinski definition) is 2. The summed E-state index contributed by atoms with van der Waals surface area (Å²) in [6.45, 7) is 0. The van der Waals surface area contributed by atoms with Crippen LogP contribution in [0, 0.1) is 0 Å². The molecule has 33 heavy (non-hydrogen) atoms. The molecule has 0 atom stereocenters. The highest BCUT2D eigenvalue weighted by Crippen LogP contribution is 2.35. The van der Waals surface area contributed by atoms with Gasteiger partial charge in [0.15, 0.2) is 5.75 Å². The molecule has 0 saturated carbocycles. The third-order valence-corrected chi connectivity index (χ3v) is 5.17. The van der Waals surface area contributed by atoms with E-state index < -0.39 is 5.91 Å². The monoisotopic (exact) mass is 437 g/mol. The van der Waals surface area contributed by atoms with Crippen LogP contribution in [0.5, 0.6) is 5.75 Å². The molecule has 2 heterocycles. The molecule has 0 aliphatic carbocycles. The van der Waals surface area contributed by atoms with Gasteiger partial charge in [-0.3, -0.25) is 9.59 Å². The number of methoxy groups -OCH3 is 1. The van der Waals surface area contributed by atoms with Crippen molar-refractivity contribution < 1.29 is 18.7 Å². The van der Waals surface area contributed by atoms with Crippen molar-refractivity contribution in [3.8, 4) is 5.75 Å². The molecule has 2 N–H and O–H groups in total. The number of pyridine rings is 1. The Bertz CT molecular complexity index is 1490. The highest BCUT2D eigenvalue weighted by atomic mass is 16.5. The maximum Gasteiger partial charge on any atom is 0.295 e. The quantitative estimate of drug-likeness (QED) is 0.379. The molecule has 0 fully saturated rings. The molecule has 3 aromatic carbocycles. The van der Waals surface area contributed by atoms with Gasteiger partial charge in [0.05, 0.1) is 18.0 Å². The number of hydrogen-bond acceptors (Lipinski definition) is 5. The molecular weight excluding hydrogens is 418 g/mol. The average molecular weight is 437 g/mol. The minimum atomic E-state index is -0.430. The number of ether oxygens (including phenoxy) is 1. The number of furan rings is 1. The molecule has 0 saturated heterocycles. The Morgan fingerprint density at radius 1 is 0.818 bits per heavy atom. The predicted molar refractivity (Wildman–Crippen MR) is 127 cm³/mol. The number of aromatic nitrogens is 1. The first kappa shape index (κ1) is 20.3. The zero-order valence-corrected chi connectivity index (χ0v) is 17.7. The fourth-order valence-electron chi connectivity index (χ4n) is 3.60. The Labute approximate surface area is 189 Å². The molecule has 5 rings (SSSR count). The van der Waals surface area contributed by atoms with Crippen molar-refractivity contribution in [2.45, 2.75) is 0 Å². The second-order valence-electron chi connectivity index (χ2n) is 7.34. The lowest BCUT2D eigenvalue weighted by Crippen LogP contribution is -2.13. The molecule has 0 spiro atoms. The predicted octanol–water partition coefficient (Wildman–Crippen LogP) is 5.49. The zero-order chi connectivity index (χ0) is 22.8. The van der Waals surface area contributed by atoms with Crippen LogP contribution in [0.1, 0.15) is 21.0 Å². The summed E-state index contributed by atoms with van der Waals surface area (Å²) in [6, 6.07) is 25.3. The maximum atomic E-state index is 12.8. The molecule has 0 aliphatic heterocycles. The van der Waals surface area contributed by atoms with Gasteiger partial charge in [0.1, 0.15) is 11.3 Å². The fraction of sp³-hybridized carbons (Fsp3) is 0.0385. The van der Waals surface area contributed by atoms with E-state index in [1.807, 2.05) is 48.5 Å². The number of nitrogens with zero attached hydrogens (tertiary/aromatic N) is 1. The van der Waals surface area contributed by atoms with Crippen molar-refractivity contribution in [1.82, 2.24) is 4.98 Å². The molecule has 2 aromatic heterocycles. The molecule has 7 heteroatoms. The smallest absolute Gasteiger partial charge is 0.295 e. The van der Waals surface area contributed by atoms with Gasteiger partial charge in [-0.15, -0.1) is 0 Å². The highest BCUT2D eigenvalue weighted by molar-refractivity contribution is 6.09. The number of nitrogens with one attached hydrogen (secondary N) is 2. The Kier molecular flexibility index (Phi) is 5.20. The summed E-state index contributed by atoms with van der Waals surface area (Å²) in [5.41, 5.74) is 2.67. The lowest BCUT2D eigenvalue weighted by molar-refractivity contribution is 0.0992. The fourth-order valence-corrected chi connectivity index (χ4v) is 3.60. The van der Waals surface area contributed by atoms with Crippen molar-refractivity contribution >= 4 is 45.1 Å². The molecule has 0 aliphatic rings. The summed E-state index contributed by atoms with van der Waals surface area (Å²) in [5, 5.41) is 7.16. The van der Waals surface area contributed by atoms with Gasteiger partial charge in [-0.1, -0.05) is 42.5 Å². The normalized spacial score (nSPS) is 10.8. The van der Waals surface area contributed by atoms with Gasteiger partial charge in [-0.25, -0.2) is 4.98 Å². The molecular formula is C26H19N3O4. The second-order valence-corrected chi connectivity index (χ2v) is 7.34. The molecule has 7 nitrogen and oxygen atoms in total. The lowest BCUT2D eigenvalue weighted by Gasteiger charge is -2.06. The van der Waals surface area contributed by atoms with E-state index in [1.54, 1.807) is 36.4 Å². The topological polar surface area (TPSA) is 93.5 Å². The van der Waals surface area contributed by atoms with Gasteiger partial charge >= 0.3 is 0 Å². The van der Waals surface area contributed by atoms with Crippen LogP contribution in [0.4, 0.5) is 11.4 Å². The van der Waals surface area contributed by atoms with Crippen LogP contribution in [-0.2, 0) is 0 Å². The van der Waals surface area contributed by atoms with Gasteiger partial charge < -0.3 is 19.8 Å². The van der Waals surface area contributed by atoms with Crippen molar-refractivity contribution in [2.24, 2.45) is 0 Å². The molecule has 5 aromatic rings. The van der Waals surface area contributed by atoms with Gasteiger partial charge in [0.2, 0.25) is 5.76 Å². The number of carbonyl (C=O) groups excluding carboxylic acids is 2. The van der Waals surface area contributed by atoms with Crippen LogP contribution in [0.15, 0.2) is 89.3 Å². The van der Waals surface area contributed by atoms with Crippen LogP contribution >= 0.6 is 0 Å². The Hall–Kier alpha value is -4.65. The largest absolute Gasteiger partial charge is 0.492 e. The Morgan fingerprint density at radius 2 is 1.58 bits per heavy atom. The summed E-state index contributed by atoms with van der Waals surface area (Å²) in [7, 11) is 1.47. The van der Waals surface area contributed by atoms with E-state index in [-0.39, 0.29) is 11.7 Å². The van der Waals surface area contributed by atoms with E-state index in [2.05, 4.69) is 15.6 Å². The van der Waals surface area contributed by atoms with Gasteiger partial charge in [0, 0.05) is 16.8 Å². The number of rotatable bonds is 5. The number of amides is 2. The summed E-state index contributed by atoms with van der Waals surface area (Å²) < 4.78 is 11.2. The number of carbonyl (C=O) groups is 2. The number of fused-ring (bicyclic) bond motifs is 2. The highest BCUT2D eigenvalue weighted by Gasteiger charge is 2.22. The van der Waals surface area contributed by atoms with Gasteiger partial charge in [-0.2, -0.15) is 0 Å². The van der Waals surface area contributed by atoms with E-state index in [0.29, 0.717) is 33.8 Å². The Balaban J connectivity index is 1.42. The SMILES string of the molecule is COc1c(C(=O)Nc2ccccc2)oc2ccc(NC(=O)c3ccc4ccccc4n3)cc12. The number of para-hydroxylation sites is 2. The Morgan fingerprint density at radius 3 is 2.39 bits per heavy atom. The first-order valence-electron chi connectivity index (χ1n) is 10.3. The van der Waals surface area contributed by atoms with Crippen molar-refractivity contribution in [3.63, 3.8) is 0 Å². The van der Waals surface area contributed by atoms with Crippen LogP contribution < -0.4 is 15.4 Å². The van der Waals surface area contributed by atoms with Gasteiger partial charge in [0.25, 0.3) is 11.8 Å². The van der Waals surface area contributed by atoms with E-state index in [4.69, 9.17) is 9.15 Å². The second kappa shape index (κ2) is 8.47. The first-order chi connectivity index (χ1) is 16.1. The molecule has 2 amide bonds. The van der Waals surface area contributed by atoms with Crippen LogP contribution in [0.3, 0.4) is 0 Å². The van der Waals surface area contributed by atoms with Crippen LogP contribution in [0.2, 0.25) is 0 Å². The maximum absolute atomic E-state index is 12.8. The van der Waals surface area contributed by atoms with E-state index in [0.717, 1.165) is 10.9 Å². The number of benzene rings is 3. The van der Waals surface area contributed by atoms with E-state index in [1.165, 1.54) is 7.11 Å². The summed E-state index contributed by atoms with van der Waals surface area (Å²) in [5.74, 6) is -0.431. The minimum Gasteiger partial charge on any atom is -0.492 e. The van der Waals surface area contributed by atoms with E-state index in [9.17, 15) is 9.59 Å². The van der Waals surface area contributed by atoms with Crippen molar-refractivity contribution in [2.75, 3.05) is 17.7 Å². The third-order valence-electron chi connectivity index (χ3n) is 5.17. The van der Waals surface area contributed by atoms with Crippen molar-refractivity contribution in [3.05, 3.63) is 96.4 Å². The van der Waals surface area contributed by atoms with Gasteiger partial charge in [-0.05, 0) is 42.5 Å². The van der Waals surface area contributed by atoms with Crippen LogP contribution in [-0.4, -0.2) is 23.9 Å². The zero-order valence-electron chi connectivity index (χ0n) is 17.7. The summed E-state index contributed by atoms with van der Waals surface area (Å²) in [6.07, 6.45) is 0. The average Bonchev–Trinajstić information content (AvgIpc) is 3.22. The third kappa shape index (κ3) is 3.99. The molecule has 162 valence electrons.